The van der Waals surface area contributed by atoms with Gasteiger partial charge >= 0.3 is 5.97 Å². The predicted octanol–water partition coefficient (Wildman–Crippen LogP) is 4.90. The molecular formula is C21H30O2. The number of carbonyl (C=O) groups excluding carboxylic acids is 1. The number of hydrogen-bond acceptors (Lipinski definition) is 2. The molecule has 0 aromatic heterocycles. The Morgan fingerprint density at radius 3 is 2.83 bits per heavy atom. The fourth-order valence-electron chi connectivity index (χ4n) is 6.59. The highest BCUT2D eigenvalue weighted by atomic mass is 16.5. The molecule has 2 fully saturated rings. The van der Waals surface area contributed by atoms with Crippen LogP contribution in [-0.2, 0) is 9.53 Å². The molecule has 126 valence electrons. The van der Waals surface area contributed by atoms with E-state index in [-0.39, 0.29) is 11.4 Å². The first-order valence-electron chi connectivity index (χ1n) is 9.54. The van der Waals surface area contributed by atoms with Crippen molar-refractivity contribution in [3.8, 4) is 0 Å². The summed E-state index contributed by atoms with van der Waals surface area (Å²) >= 11 is 0. The highest BCUT2D eigenvalue weighted by Crippen LogP contribution is 2.63. The van der Waals surface area contributed by atoms with E-state index >= 15 is 0 Å². The third-order valence-electron chi connectivity index (χ3n) is 7.76. The van der Waals surface area contributed by atoms with Gasteiger partial charge in [0.2, 0.25) is 0 Å². The predicted molar refractivity (Wildman–Crippen MR) is 91.7 cm³/mol. The second-order valence-electron chi connectivity index (χ2n) is 8.69. The van der Waals surface area contributed by atoms with E-state index in [9.17, 15) is 4.79 Å². The van der Waals surface area contributed by atoms with Crippen LogP contribution in [0.5, 0.6) is 0 Å². The van der Waals surface area contributed by atoms with Crippen molar-refractivity contribution in [2.75, 3.05) is 6.61 Å². The second kappa shape index (κ2) is 5.50. The molecule has 4 aliphatic carbocycles. The highest BCUT2D eigenvalue weighted by molar-refractivity contribution is 5.66. The molecule has 0 radical (unpaired) electrons. The van der Waals surface area contributed by atoms with Gasteiger partial charge in [0.1, 0.15) is 6.61 Å². The SMILES string of the molecule is CC(=O)OC[C@@]12C=CC[C@H]1[C@@H]1CCC3CCC=C[C@]3(C)[C@H]1CC2. The zero-order chi connectivity index (χ0) is 16.1. The van der Waals surface area contributed by atoms with E-state index in [0.717, 1.165) is 17.8 Å². The molecule has 0 amide bonds. The number of hydrogen-bond donors (Lipinski definition) is 0. The van der Waals surface area contributed by atoms with E-state index in [2.05, 4.69) is 31.2 Å². The lowest BCUT2D eigenvalue weighted by atomic mass is 9.46. The monoisotopic (exact) mass is 314 g/mol. The van der Waals surface area contributed by atoms with Gasteiger partial charge in [0, 0.05) is 12.3 Å². The molecule has 1 unspecified atom stereocenters. The van der Waals surface area contributed by atoms with Gasteiger partial charge < -0.3 is 4.74 Å². The maximum atomic E-state index is 11.3. The largest absolute Gasteiger partial charge is 0.465 e. The third-order valence-corrected chi connectivity index (χ3v) is 7.76. The van der Waals surface area contributed by atoms with Gasteiger partial charge in [-0.15, -0.1) is 0 Å². The minimum Gasteiger partial charge on any atom is -0.465 e. The van der Waals surface area contributed by atoms with Crippen molar-refractivity contribution in [3.63, 3.8) is 0 Å². The molecule has 0 spiro atoms. The van der Waals surface area contributed by atoms with Crippen LogP contribution < -0.4 is 0 Å². The normalized spacial score (nSPS) is 47.6. The van der Waals surface area contributed by atoms with Crippen molar-refractivity contribution in [1.82, 2.24) is 0 Å². The Kier molecular flexibility index (Phi) is 3.70. The van der Waals surface area contributed by atoms with Crippen LogP contribution >= 0.6 is 0 Å². The van der Waals surface area contributed by atoms with Gasteiger partial charge in [-0.25, -0.2) is 0 Å². The lowest BCUT2D eigenvalue weighted by molar-refractivity contribution is -0.148. The van der Waals surface area contributed by atoms with Gasteiger partial charge in [0.05, 0.1) is 0 Å². The summed E-state index contributed by atoms with van der Waals surface area (Å²) in [7, 11) is 0. The summed E-state index contributed by atoms with van der Waals surface area (Å²) < 4.78 is 5.49. The number of esters is 1. The summed E-state index contributed by atoms with van der Waals surface area (Å²) in [5.74, 6) is 3.08. The Morgan fingerprint density at radius 1 is 1.13 bits per heavy atom. The third kappa shape index (κ3) is 2.32. The van der Waals surface area contributed by atoms with Crippen molar-refractivity contribution in [2.45, 2.75) is 58.8 Å². The van der Waals surface area contributed by atoms with Gasteiger partial charge in [-0.05, 0) is 74.0 Å². The molecule has 0 aliphatic heterocycles. The molecule has 2 nitrogen and oxygen atoms in total. The molecule has 4 rings (SSSR count). The van der Waals surface area contributed by atoms with Gasteiger partial charge in [0.25, 0.3) is 0 Å². The van der Waals surface area contributed by atoms with Crippen molar-refractivity contribution >= 4 is 5.97 Å². The summed E-state index contributed by atoms with van der Waals surface area (Å²) in [6.45, 7) is 4.67. The minimum atomic E-state index is -0.133. The Morgan fingerprint density at radius 2 is 2.00 bits per heavy atom. The maximum Gasteiger partial charge on any atom is 0.302 e. The zero-order valence-corrected chi connectivity index (χ0v) is 14.6. The lowest BCUT2D eigenvalue weighted by Gasteiger charge is -2.58. The van der Waals surface area contributed by atoms with Gasteiger partial charge in [-0.1, -0.05) is 31.2 Å². The molecule has 0 heterocycles. The zero-order valence-electron chi connectivity index (χ0n) is 14.6. The first-order chi connectivity index (χ1) is 11.1. The van der Waals surface area contributed by atoms with Crippen LogP contribution in [-0.4, -0.2) is 12.6 Å². The van der Waals surface area contributed by atoms with E-state index in [4.69, 9.17) is 4.74 Å². The molecule has 0 saturated heterocycles. The van der Waals surface area contributed by atoms with E-state index in [1.165, 1.54) is 51.9 Å². The van der Waals surface area contributed by atoms with Crippen molar-refractivity contribution < 1.29 is 9.53 Å². The molecule has 2 saturated carbocycles. The van der Waals surface area contributed by atoms with E-state index in [0.29, 0.717) is 17.9 Å². The van der Waals surface area contributed by atoms with Crippen LogP contribution in [0.2, 0.25) is 0 Å². The van der Waals surface area contributed by atoms with Crippen molar-refractivity contribution in [2.24, 2.45) is 34.5 Å². The average molecular weight is 314 g/mol. The maximum absolute atomic E-state index is 11.3. The van der Waals surface area contributed by atoms with Gasteiger partial charge in [0.15, 0.2) is 0 Å². The quantitative estimate of drug-likeness (QED) is 0.535. The Bertz CT molecular complexity index is 548. The summed E-state index contributed by atoms with van der Waals surface area (Å²) in [4.78, 5) is 11.3. The fraction of sp³-hybridized carbons (Fsp3) is 0.762. The topological polar surface area (TPSA) is 26.3 Å². The summed E-state index contributed by atoms with van der Waals surface area (Å²) in [5.41, 5.74) is 0.547. The summed E-state index contributed by atoms with van der Waals surface area (Å²) in [6.07, 6.45) is 18.9. The van der Waals surface area contributed by atoms with Crippen LogP contribution in [0, 0.1) is 34.5 Å². The molecule has 0 aromatic rings. The number of rotatable bonds is 2. The molecule has 2 heteroatoms. The molecule has 0 N–H and O–H groups in total. The molecule has 0 bridgehead atoms. The summed E-state index contributed by atoms with van der Waals surface area (Å²) in [6, 6.07) is 0. The van der Waals surface area contributed by atoms with Crippen molar-refractivity contribution in [3.05, 3.63) is 24.3 Å². The first-order valence-corrected chi connectivity index (χ1v) is 9.54. The number of allylic oxidation sites excluding steroid dienone is 3. The molecule has 4 aliphatic rings. The molecule has 23 heavy (non-hydrogen) atoms. The number of fused-ring (bicyclic) bond motifs is 5. The number of carbonyl (C=O) groups is 1. The van der Waals surface area contributed by atoms with Crippen LogP contribution in [0.15, 0.2) is 24.3 Å². The van der Waals surface area contributed by atoms with Crippen LogP contribution in [0.1, 0.15) is 58.8 Å². The van der Waals surface area contributed by atoms with E-state index < -0.39 is 0 Å². The van der Waals surface area contributed by atoms with E-state index in [1.807, 2.05) is 0 Å². The first kappa shape index (κ1) is 15.5. The highest BCUT2D eigenvalue weighted by Gasteiger charge is 2.57. The smallest absolute Gasteiger partial charge is 0.302 e. The average Bonchev–Trinajstić information content (AvgIpc) is 2.97. The lowest BCUT2D eigenvalue weighted by Crippen LogP contribution is -2.52. The Balaban J connectivity index is 1.60. The molecule has 0 aromatic carbocycles. The minimum absolute atomic E-state index is 0.133. The summed E-state index contributed by atoms with van der Waals surface area (Å²) in [5, 5.41) is 0. The molecular weight excluding hydrogens is 284 g/mol. The van der Waals surface area contributed by atoms with E-state index in [1.54, 1.807) is 0 Å². The Hall–Kier alpha value is -1.05. The van der Waals surface area contributed by atoms with Gasteiger partial charge in [-0.2, -0.15) is 0 Å². The fourth-order valence-corrected chi connectivity index (χ4v) is 6.59. The van der Waals surface area contributed by atoms with Crippen LogP contribution in [0.3, 0.4) is 0 Å². The number of ether oxygens (including phenoxy) is 1. The Labute approximate surface area is 140 Å². The van der Waals surface area contributed by atoms with Gasteiger partial charge in [-0.3, -0.25) is 4.79 Å². The van der Waals surface area contributed by atoms with Crippen LogP contribution in [0.4, 0.5) is 0 Å². The van der Waals surface area contributed by atoms with Crippen molar-refractivity contribution in [1.29, 1.82) is 0 Å². The van der Waals surface area contributed by atoms with Crippen LogP contribution in [0.25, 0.3) is 0 Å². The molecule has 6 atom stereocenters. The standard InChI is InChI=1S/C21H30O2/c1-15(22)23-14-21-12-5-7-19(21)17-9-8-16-6-3-4-11-20(16,2)18(17)10-13-21/h4-5,11-12,16-19H,3,6-10,13-14H2,1-2H3/t16?,17-,18+,19+,20+,21+/m1/s1. The second-order valence-corrected chi connectivity index (χ2v) is 8.69.